The van der Waals surface area contributed by atoms with Crippen molar-refractivity contribution >= 4 is 21.7 Å². The zero-order valence-electron chi connectivity index (χ0n) is 16.5. The van der Waals surface area contributed by atoms with Crippen molar-refractivity contribution in [3.63, 3.8) is 0 Å². The van der Waals surface area contributed by atoms with E-state index in [0.29, 0.717) is 12.2 Å². The van der Waals surface area contributed by atoms with Crippen LogP contribution in [0.2, 0.25) is 0 Å². The molecule has 0 bridgehead atoms. The normalized spacial score (nSPS) is 11.3. The molecule has 0 fully saturated rings. The van der Waals surface area contributed by atoms with Gasteiger partial charge in [-0.2, -0.15) is 5.10 Å². The molecule has 2 aromatic carbocycles. The second-order valence-corrected chi connectivity index (χ2v) is 8.32. The summed E-state index contributed by atoms with van der Waals surface area (Å²) in [4.78, 5) is 14.0. The fourth-order valence-electron chi connectivity index (χ4n) is 3.00. The number of para-hydroxylation sites is 1. The van der Waals surface area contributed by atoms with E-state index in [4.69, 9.17) is 5.14 Å². The Bertz CT molecular complexity index is 1140. The van der Waals surface area contributed by atoms with E-state index in [-0.39, 0.29) is 10.9 Å². The van der Waals surface area contributed by atoms with Gasteiger partial charge >= 0.3 is 6.03 Å². The lowest BCUT2D eigenvalue weighted by Gasteiger charge is -2.18. The molecule has 9 heteroatoms. The number of amides is 2. The highest BCUT2D eigenvalue weighted by Gasteiger charge is 2.18. The molecule has 0 unspecified atom stereocenters. The van der Waals surface area contributed by atoms with E-state index >= 15 is 0 Å². The van der Waals surface area contributed by atoms with Crippen LogP contribution in [0.5, 0.6) is 0 Å². The van der Waals surface area contributed by atoms with E-state index in [1.54, 1.807) is 13.1 Å². The number of sulfonamides is 1. The number of aromatic nitrogens is 2. The van der Waals surface area contributed by atoms with Gasteiger partial charge in [-0.05, 0) is 44.2 Å². The van der Waals surface area contributed by atoms with E-state index in [0.717, 1.165) is 22.6 Å². The minimum absolute atomic E-state index is 0.0613. The standard InChI is InChI=1S/C20H23N5O3S/c1-14-19(15(2)25(23-14)17-9-5-4-6-10-17)13-24(3)20(26)22-16-8-7-11-18(12-16)29(21,27)28/h4-12H,13H2,1-3H3,(H,22,26)(H2,21,27,28). The van der Waals surface area contributed by atoms with Gasteiger partial charge in [-0.3, -0.25) is 0 Å². The number of aryl methyl sites for hydroxylation is 1. The highest BCUT2D eigenvalue weighted by atomic mass is 32.2. The SMILES string of the molecule is Cc1nn(-c2ccccc2)c(C)c1CN(C)C(=O)Nc1cccc(S(N)(=O)=O)c1. The molecule has 29 heavy (non-hydrogen) atoms. The first-order valence-electron chi connectivity index (χ1n) is 8.92. The van der Waals surface area contributed by atoms with Gasteiger partial charge in [0.1, 0.15) is 0 Å². The molecular formula is C20H23N5O3S. The van der Waals surface area contributed by atoms with Crippen molar-refractivity contribution in [3.8, 4) is 5.69 Å². The number of benzene rings is 2. The number of nitrogens with zero attached hydrogens (tertiary/aromatic N) is 3. The summed E-state index contributed by atoms with van der Waals surface area (Å²) >= 11 is 0. The van der Waals surface area contributed by atoms with Crippen molar-refractivity contribution in [1.29, 1.82) is 0 Å². The number of nitrogens with two attached hydrogens (primary N) is 1. The zero-order chi connectivity index (χ0) is 21.2. The van der Waals surface area contributed by atoms with Gasteiger partial charge in [-0.1, -0.05) is 24.3 Å². The van der Waals surface area contributed by atoms with Gasteiger partial charge < -0.3 is 10.2 Å². The zero-order valence-corrected chi connectivity index (χ0v) is 17.3. The molecule has 0 saturated carbocycles. The lowest BCUT2D eigenvalue weighted by Crippen LogP contribution is -2.31. The molecule has 3 aromatic rings. The molecule has 0 spiro atoms. The van der Waals surface area contributed by atoms with Gasteiger partial charge in [0, 0.05) is 24.0 Å². The molecule has 0 aliphatic rings. The molecule has 3 rings (SSSR count). The summed E-state index contributed by atoms with van der Waals surface area (Å²) in [6, 6.07) is 15.2. The third-order valence-electron chi connectivity index (χ3n) is 4.60. The van der Waals surface area contributed by atoms with Gasteiger partial charge in [0.2, 0.25) is 10.0 Å². The summed E-state index contributed by atoms with van der Waals surface area (Å²) in [7, 11) is -2.18. The minimum Gasteiger partial charge on any atom is -0.323 e. The fraction of sp³-hybridized carbons (Fsp3) is 0.200. The van der Waals surface area contributed by atoms with E-state index in [9.17, 15) is 13.2 Å². The van der Waals surface area contributed by atoms with E-state index in [1.165, 1.54) is 23.1 Å². The maximum Gasteiger partial charge on any atom is 0.321 e. The third kappa shape index (κ3) is 4.64. The van der Waals surface area contributed by atoms with Crippen LogP contribution in [0.3, 0.4) is 0 Å². The predicted molar refractivity (Wildman–Crippen MR) is 111 cm³/mol. The third-order valence-corrected chi connectivity index (χ3v) is 5.51. The Hall–Kier alpha value is -3.17. The summed E-state index contributed by atoms with van der Waals surface area (Å²) in [6.45, 7) is 4.22. The number of rotatable bonds is 5. The molecule has 3 N–H and O–H groups in total. The Kier molecular flexibility index (Phi) is 5.71. The van der Waals surface area contributed by atoms with Crippen LogP contribution in [0.1, 0.15) is 17.0 Å². The first-order chi connectivity index (χ1) is 13.7. The topological polar surface area (TPSA) is 110 Å². The Morgan fingerprint density at radius 2 is 1.83 bits per heavy atom. The van der Waals surface area contributed by atoms with E-state index in [2.05, 4.69) is 10.4 Å². The van der Waals surface area contributed by atoms with Gasteiger partial charge in [-0.15, -0.1) is 0 Å². The lowest BCUT2D eigenvalue weighted by atomic mass is 10.2. The van der Waals surface area contributed by atoms with Crippen LogP contribution in [0.4, 0.5) is 10.5 Å². The lowest BCUT2D eigenvalue weighted by molar-refractivity contribution is 0.220. The molecule has 0 radical (unpaired) electrons. The molecule has 8 nitrogen and oxygen atoms in total. The summed E-state index contributed by atoms with van der Waals surface area (Å²) in [6.07, 6.45) is 0. The molecule has 0 saturated heterocycles. The number of anilines is 1. The molecular weight excluding hydrogens is 390 g/mol. The highest BCUT2D eigenvalue weighted by Crippen LogP contribution is 2.20. The second kappa shape index (κ2) is 8.06. The number of hydrogen-bond donors (Lipinski definition) is 2. The maximum absolute atomic E-state index is 12.6. The fourth-order valence-corrected chi connectivity index (χ4v) is 3.56. The molecule has 0 aliphatic carbocycles. The van der Waals surface area contributed by atoms with Gasteiger partial charge in [0.15, 0.2) is 0 Å². The highest BCUT2D eigenvalue weighted by molar-refractivity contribution is 7.89. The van der Waals surface area contributed by atoms with Crippen molar-refractivity contribution in [2.45, 2.75) is 25.3 Å². The molecule has 2 amide bonds. The van der Waals surface area contributed by atoms with Gasteiger partial charge in [0.05, 0.1) is 22.8 Å². The van der Waals surface area contributed by atoms with Crippen molar-refractivity contribution in [2.24, 2.45) is 5.14 Å². The largest absolute Gasteiger partial charge is 0.323 e. The summed E-state index contributed by atoms with van der Waals surface area (Å²) in [5.74, 6) is 0. The van der Waals surface area contributed by atoms with Gasteiger partial charge in [0.25, 0.3) is 0 Å². The molecule has 0 atom stereocenters. The quantitative estimate of drug-likeness (QED) is 0.670. The van der Waals surface area contributed by atoms with Crippen LogP contribution in [0.15, 0.2) is 59.5 Å². The van der Waals surface area contributed by atoms with E-state index in [1.807, 2.05) is 48.9 Å². The van der Waals surface area contributed by atoms with Crippen LogP contribution in [-0.2, 0) is 16.6 Å². The predicted octanol–water partition coefficient (Wildman–Crippen LogP) is 2.80. The smallest absolute Gasteiger partial charge is 0.321 e. The minimum atomic E-state index is -3.84. The number of urea groups is 1. The van der Waals surface area contributed by atoms with Crippen LogP contribution < -0.4 is 10.5 Å². The maximum atomic E-state index is 12.6. The summed E-state index contributed by atoms with van der Waals surface area (Å²) in [5, 5.41) is 12.4. The monoisotopic (exact) mass is 413 g/mol. The Morgan fingerprint density at radius 3 is 2.48 bits per heavy atom. The first-order valence-corrected chi connectivity index (χ1v) is 10.5. The van der Waals surface area contributed by atoms with Crippen molar-refractivity contribution < 1.29 is 13.2 Å². The number of carbonyl (C=O) groups excluding carboxylic acids is 1. The average Bonchev–Trinajstić information content (AvgIpc) is 2.96. The number of primary sulfonamides is 1. The van der Waals surface area contributed by atoms with Crippen molar-refractivity contribution in [2.75, 3.05) is 12.4 Å². The van der Waals surface area contributed by atoms with E-state index < -0.39 is 10.0 Å². The summed E-state index contributed by atoms with van der Waals surface area (Å²) in [5.41, 5.74) is 4.03. The van der Waals surface area contributed by atoms with Crippen LogP contribution in [0.25, 0.3) is 5.69 Å². The molecule has 152 valence electrons. The molecule has 1 aromatic heterocycles. The first kappa shape index (κ1) is 20.6. The number of hydrogen-bond acceptors (Lipinski definition) is 4. The Morgan fingerprint density at radius 1 is 1.14 bits per heavy atom. The van der Waals surface area contributed by atoms with Crippen molar-refractivity contribution in [3.05, 3.63) is 71.5 Å². The van der Waals surface area contributed by atoms with Crippen LogP contribution >= 0.6 is 0 Å². The Balaban J connectivity index is 1.76. The molecule has 0 aliphatic heterocycles. The number of carbonyl (C=O) groups is 1. The van der Waals surface area contributed by atoms with Gasteiger partial charge in [-0.25, -0.2) is 23.0 Å². The molecule has 1 heterocycles. The second-order valence-electron chi connectivity index (χ2n) is 6.76. The van der Waals surface area contributed by atoms with Crippen LogP contribution in [-0.4, -0.2) is 36.2 Å². The Labute approximate surface area is 170 Å². The van der Waals surface area contributed by atoms with Crippen molar-refractivity contribution in [1.82, 2.24) is 14.7 Å². The number of nitrogens with one attached hydrogen (secondary N) is 1. The van der Waals surface area contributed by atoms with Crippen LogP contribution in [0, 0.1) is 13.8 Å². The summed E-state index contributed by atoms with van der Waals surface area (Å²) < 4.78 is 24.8. The average molecular weight is 414 g/mol.